The summed E-state index contributed by atoms with van der Waals surface area (Å²) in [7, 11) is 0. The van der Waals surface area contributed by atoms with Gasteiger partial charge in [-0.15, -0.1) is 10.2 Å². The minimum absolute atomic E-state index is 0.0114. The van der Waals surface area contributed by atoms with E-state index in [1.807, 2.05) is 38.1 Å². The van der Waals surface area contributed by atoms with Crippen LogP contribution in [-0.4, -0.2) is 39.5 Å². The van der Waals surface area contributed by atoms with Gasteiger partial charge in [-0.3, -0.25) is 9.59 Å². The molecule has 1 unspecified atom stereocenters. The van der Waals surface area contributed by atoms with Crippen molar-refractivity contribution in [1.29, 1.82) is 0 Å². The van der Waals surface area contributed by atoms with Gasteiger partial charge in [0.15, 0.2) is 0 Å². The van der Waals surface area contributed by atoms with Gasteiger partial charge in [0.05, 0.1) is 0 Å². The van der Waals surface area contributed by atoms with Crippen LogP contribution in [0.5, 0.6) is 0 Å². The molecule has 0 bridgehead atoms. The number of aromatic nitrogens is 2. The van der Waals surface area contributed by atoms with Gasteiger partial charge in [0.25, 0.3) is 5.91 Å². The molecule has 1 heterocycles. The molecule has 31 heavy (non-hydrogen) atoms. The van der Waals surface area contributed by atoms with Crippen LogP contribution in [-0.2, 0) is 4.79 Å². The second-order valence-electron chi connectivity index (χ2n) is 6.98. The molecule has 1 aromatic heterocycles. The standard InChI is InChI=1S/C22H22BrClN4O2S/c1-3-14(2)28(21(30)16-5-4-6-17(23)13-16)12-11-19(29)25-22-27-26-20(31-22)15-7-9-18(24)10-8-15/h4-10,13-14H,3,11-12H2,1-2H3,(H,25,27,29). The summed E-state index contributed by atoms with van der Waals surface area (Å²) < 4.78 is 0.841. The third kappa shape index (κ3) is 6.35. The van der Waals surface area contributed by atoms with Crippen molar-refractivity contribution < 1.29 is 9.59 Å². The van der Waals surface area contributed by atoms with Gasteiger partial charge >= 0.3 is 0 Å². The van der Waals surface area contributed by atoms with E-state index in [1.54, 1.807) is 29.2 Å². The lowest BCUT2D eigenvalue weighted by Gasteiger charge is -2.28. The Balaban J connectivity index is 1.62. The second kappa shape index (κ2) is 10.8. The molecule has 0 saturated carbocycles. The normalized spacial score (nSPS) is 11.7. The highest BCUT2D eigenvalue weighted by atomic mass is 79.9. The van der Waals surface area contributed by atoms with Crippen LogP contribution in [0.2, 0.25) is 5.02 Å². The fraction of sp³-hybridized carbons (Fsp3) is 0.273. The first kappa shape index (κ1) is 23.4. The zero-order chi connectivity index (χ0) is 22.4. The molecule has 0 spiro atoms. The van der Waals surface area contributed by atoms with E-state index in [9.17, 15) is 9.59 Å². The lowest BCUT2D eigenvalue weighted by molar-refractivity contribution is -0.116. The van der Waals surface area contributed by atoms with Gasteiger partial charge in [0.2, 0.25) is 11.0 Å². The Morgan fingerprint density at radius 2 is 1.94 bits per heavy atom. The zero-order valence-corrected chi connectivity index (χ0v) is 20.3. The van der Waals surface area contributed by atoms with Crippen LogP contribution in [0.3, 0.4) is 0 Å². The molecule has 162 valence electrons. The van der Waals surface area contributed by atoms with Crippen LogP contribution in [0.4, 0.5) is 5.13 Å². The Labute approximate surface area is 198 Å². The fourth-order valence-electron chi connectivity index (χ4n) is 2.92. The first-order chi connectivity index (χ1) is 14.9. The number of carbonyl (C=O) groups is 2. The number of anilines is 1. The van der Waals surface area contributed by atoms with E-state index in [4.69, 9.17) is 11.6 Å². The van der Waals surface area contributed by atoms with Crippen LogP contribution >= 0.6 is 38.9 Å². The molecule has 1 atom stereocenters. The van der Waals surface area contributed by atoms with Gasteiger partial charge in [-0.25, -0.2) is 0 Å². The molecule has 0 aliphatic heterocycles. The van der Waals surface area contributed by atoms with Gasteiger partial charge < -0.3 is 10.2 Å². The lowest BCUT2D eigenvalue weighted by Crippen LogP contribution is -2.40. The topological polar surface area (TPSA) is 75.2 Å². The first-order valence-electron chi connectivity index (χ1n) is 9.83. The summed E-state index contributed by atoms with van der Waals surface area (Å²) in [5.74, 6) is -0.307. The van der Waals surface area contributed by atoms with Crippen molar-refractivity contribution in [2.24, 2.45) is 0 Å². The monoisotopic (exact) mass is 520 g/mol. The third-order valence-corrected chi connectivity index (χ3v) is 6.43. The lowest BCUT2D eigenvalue weighted by atomic mass is 10.1. The van der Waals surface area contributed by atoms with E-state index in [0.29, 0.717) is 27.3 Å². The predicted molar refractivity (Wildman–Crippen MR) is 129 cm³/mol. The number of amides is 2. The van der Waals surface area contributed by atoms with Crippen LogP contribution in [0.25, 0.3) is 10.6 Å². The molecule has 2 aromatic carbocycles. The Hall–Kier alpha value is -2.29. The number of halogens is 2. The molecule has 0 fully saturated rings. The molecular formula is C22H22BrClN4O2S. The zero-order valence-electron chi connectivity index (χ0n) is 17.1. The molecule has 0 saturated heterocycles. The number of nitrogens with zero attached hydrogens (tertiary/aromatic N) is 3. The van der Waals surface area contributed by atoms with Gasteiger partial charge in [-0.05, 0) is 43.7 Å². The van der Waals surface area contributed by atoms with Gasteiger partial charge in [-0.2, -0.15) is 0 Å². The largest absolute Gasteiger partial charge is 0.335 e. The number of hydrogen-bond donors (Lipinski definition) is 1. The molecular weight excluding hydrogens is 500 g/mol. The molecule has 0 radical (unpaired) electrons. The van der Waals surface area contributed by atoms with Crippen LogP contribution < -0.4 is 5.32 Å². The van der Waals surface area contributed by atoms with E-state index in [2.05, 4.69) is 31.4 Å². The summed E-state index contributed by atoms with van der Waals surface area (Å²) in [6.45, 7) is 4.32. The Bertz CT molecular complexity index is 1060. The summed E-state index contributed by atoms with van der Waals surface area (Å²) in [6, 6.07) is 14.5. The highest BCUT2D eigenvalue weighted by Gasteiger charge is 2.22. The van der Waals surface area contributed by atoms with Crippen molar-refractivity contribution in [2.45, 2.75) is 32.7 Å². The number of hydrogen-bond acceptors (Lipinski definition) is 5. The van der Waals surface area contributed by atoms with Crippen LogP contribution in [0, 0.1) is 0 Å². The third-order valence-electron chi connectivity index (χ3n) is 4.80. The number of rotatable bonds is 8. The molecule has 1 N–H and O–H groups in total. The maximum atomic E-state index is 13.0. The van der Waals surface area contributed by atoms with Gasteiger partial charge in [0.1, 0.15) is 5.01 Å². The first-order valence-corrected chi connectivity index (χ1v) is 11.8. The maximum absolute atomic E-state index is 13.0. The summed E-state index contributed by atoms with van der Waals surface area (Å²) in [4.78, 5) is 27.2. The van der Waals surface area contributed by atoms with E-state index >= 15 is 0 Å². The van der Waals surface area contributed by atoms with Gasteiger partial charge in [-0.1, -0.05) is 64.0 Å². The predicted octanol–water partition coefficient (Wildman–Crippen LogP) is 5.89. The van der Waals surface area contributed by atoms with E-state index in [1.165, 1.54) is 11.3 Å². The maximum Gasteiger partial charge on any atom is 0.254 e. The Morgan fingerprint density at radius 1 is 1.19 bits per heavy atom. The summed E-state index contributed by atoms with van der Waals surface area (Å²) in [5.41, 5.74) is 1.47. The van der Waals surface area contributed by atoms with E-state index in [-0.39, 0.29) is 24.3 Å². The second-order valence-corrected chi connectivity index (χ2v) is 9.31. The highest BCUT2D eigenvalue weighted by molar-refractivity contribution is 9.10. The summed E-state index contributed by atoms with van der Waals surface area (Å²) >= 11 is 10.6. The van der Waals surface area contributed by atoms with Crippen molar-refractivity contribution in [3.63, 3.8) is 0 Å². The van der Waals surface area contributed by atoms with E-state index in [0.717, 1.165) is 16.5 Å². The molecule has 3 aromatic rings. The smallest absolute Gasteiger partial charge is 0.254 e. The van der Waals surface area contributed by atoms with Crippen molar-refractivity contribution in [3.05, 3.63) is 63.6 Å². The molecule has 6 nitrogen and oxygen atoms in total. The Kier molecular flexibility index (Phi) is 8.17. The fourth-order valence-corrected chi connectivity index (χ4v) is 4.21. The molecule has 3 rings (SSSR count). The molecule has 0 aliphatic rings. The summed E-state index contributed by atoms with van der Waals surface area (Å²) in [5, 5.41) is 12.7. The minimum Gasteiger partial charge on any atom is -0.335 e. The van der Waals surface area contributed by atoms with Crippen molar-refractivity contribution in [3.8, 4) is 10.6 Å². The minimum atomic E-state index is -0.214. The SMILES string of the molecule is CCC(C)N(CCC(=O)Nc1nnc(-c2ccc(Cl)cc2)s1)C(=O)c1cccc(Br)c1. The quantitative estimate of drug-likeness (QED) is 0.401. The Morgan fingerprint density at radius 3 is 2.61 bits per heavy atom. The van der Waals surface area contributed by atoms with Crippen molar-refractivity contribution in [2.75, 3.05) is 11.9 Å². The summed E-state index contributed by atoms with van der Waals surface area (Å²) in [6.07, 6.45) is 0.960. The van der Waals surface area contributed by atoms with Crippen LogP contribution in [0.15, 0.2) is 53.0 Å². The van der Waals surface area contributed by atoms with E-state index < -0.39 is 0 Å². The van der Waals surface area contributed by atoms with Crippen LogP contribution in [0.1, 0.15) is 37.0 Å². The number of benzene rings is 2. The molecule has 0 aliphatic carbocycles. The van der Waals surface area contributed by atoms with Crippen molar-refractivity contribution >= 4 is 55.8 Å². The molecule has 2 amide bonds. The average molecular weight is 522 g/mol. The van der Waals surface area contributed by atoms with Crippen molar-refractivity contribution in [1.82, 2.24) is 15.1 Å². The number of nitrogens with one attached hydrogen (secondary N) is 1. The molecule has 9 heteroatoms. The van der Waals surface area contributed by atoms with Gasteiger partial charge in [0, 0.05) is 39.6 Å². The highest BCUT2D eigenvalue weighted by Crippen LogP contribution is 2.27. The number of carbonyl (C=O) groups excluding carboxylic acids is 2. The average Bonchev–Trinajstić information content (AvgIpc) is 3.22.